The normalized spacial score (nSPS) is 10.9. The van der Waals surface area contributed by atoms with Crippen LogP contribution in [0, 0.1) is 6.92 Å². The Hall–Kier alpha value is -1.82. The standard InChI is InChI=1S/C16H22N4OS/c1-12(2)20-13(3)18-19-16(20)22-11-15(21)17-10-9-14-7-5-4-6-8-14/h4-8,12H,9-11H2,1-3H3,(H,17,21). The number of nitrogens with one attached hydrogen (secondary N) is 1. The van der Waals surface area contributed by atoms with Crippen LogP contribution < -0.4 is 5.32 Å². The molecule has 0 unspecified atom stereocenters. The third kappa shape index (κ3) is 4.59. The Bertz CT molecular complexity index is 610. The number of carbonyl (C=O) groups excluding carboxylic acids is 1. The fraction of sp³-hybridized carbons (Fsp3) is 0.438. The van der Waals surface area contributed by atoms with E-state index < -0.39 is 0 Å². The summed E-state index contributed by atoms with van der Waals surface area (Å²) in [7, 11) is 0. The van der Waals surface area contributed by atoms with Crippen molar-refractivity contribution in [1.29, 1.82) is 0 Å². The van der Waals surface area contributed by atoms with E-state index in [1.807, 2.05) is 29.7 Å². The largest absolute Gasteiger partial charge is 0.355 e. The molecule has 0 spiro atoms. The third-order valence-electron chi connectivity index (χ3n) is 3.26. The molecule has 1 heterocycles. The van der Waals surface area contributed by atoms with Gasteiger partial charge in [0.1, 0.15) is 5.82 Å². The lowest BCUT2D eigenvalue weighted by Crippen LogP contribution is -2.27. The molecule has 2 rings (SSSR count). The summed E-state index contributed by atoms with van der Waals surface area (Å²) in [4.78, 5) is 11.9. The number of amides is 1. The molecule has 0 fully saturated rings. The lowest BCUT2D eigenvalue weighted by atomic mass is 10.1. The number of rotatable bonds is 7. The van der Waals surface area contributed by atoms with E-state index in [0.29, 0.717) is 18.3 Å². The van der Waals surface area contributed by atoms with Gasteiger partial charge in [-0.15, -0.1) is 10.2 Å². The molecular weight excluding hydrogens is 296 g/mol. The summed E-state index contributed by atoms with van der Waals surface area (Å²) in [5.74, 6) is 1.26. The number of hydrogen-bond acceptors (Lipinski definition) is 4. The molecule has 5 nitrogen and oxygen atoms in total. The molecule has 0 bridgehead atoms. The number of benzene rings is 1. The maximum Gasteiger partial charge on any atom is 0.230 e. The average molecular weight is 318 g/mol. The maximum absolute atomic E-state index is 11.9. The zero-order chi connectivity index (χ0) is 15.9. The highest BCUT2D eigenvalue weighted by atomic mass is 32.2. The van der Waals surface area contributed by atoms with Gasteiger partial charge >= 0.3 is 0 Å². The quantitative estimate of drug-likeness (QED) is 0.797. The van der Waals surface area contributed by atoms with Gasteiger partial charge in [-0.05, 0) is 32.8 Å². The van der Waals surface area contributed by atoms with Gasteiger partial charge in [-0.3, -0.25) is 4.79 Å². The Morgan fingerprint density at radius 1 is 1.27 bits per heavy atom. The molecule has 2 aromatic rings. The fourth-order valence-corrected chi connectivity index (χ4v) is 3.16. The maximum atomic E-state index is 11.9. The minimum atomic E-state index is 0.0249. The second kappa shape index (κ2) is 7.98. The molecule has 1 aromatic carbocycles. The summed E-state index contributed by atoms with van der Waals surface area (Å²) in [6.07, 6.45) is 0.846. The molecular formula is C16H22N4OS. The Kier molecular flexibility index (Phi) is 6.00. The molecule has 1 aromatic heterocycles. The molecule has 0 saturated carbocycles. The van der Waals surface area contributed by atoms with Gasteiger partial charge in [-0.1, -0.05) is 42.1 Å². The third-order valence-corrected chi connectivity index (χ3v) is 4.21. The highest BCUT2D eigenvalue weighted by molar-refractivity contribution is 7.99. The topological polar surface area (TPSA) is 59.8 Å². The Labute approximate surface area is 135 Å². The molecule has 1 amide bonds. The van der Waals surface area contributed by atoms with E-state index in [2.05, 4.69) is 41.5 Å². The second-order valence-electron chi connectivity index (χ2n) is 5.37. The molecule has 1 N–H and O–H groups in total. The van der Waals surface area contributed by atoms with Crippen molar-refractivity contribution in [2.24, 2.45) is 0 Å². The van der Waals surface area contributed by atoms with Crippen LogP contribution in [0.4, 0.5) is 0 Å². The van der Waals surface area contributed by atoms with Crippen LogP contribution in [0.15, 0.2) is 35.5 Å². The van der Waals surface area contributed by atoms with Crippen molar-refractivity contribution in [2.45, 2.75) is 38.4 Å². The van der Waals surface area contributed by atoms with Crippen molar-refractivity contribution >= 4 is 17.7 Å². The van der Waals surface area contributed by atoms with Crippen LogP contribution in [-0.4, -0.2) is 33.0 Å². The first-order valence-electron chi connectivity index (χ1n) is 7.43. The molecule has 0 atom stereocenters. The van der Waals surface area contributed by atoms with E-state index >= 15 is 0 Å². The summed E-state index contributed by atoms with van der Waals surface area (Å²) < 4.78 is 2.04. The number of aromatic nitrogens is 3. The van der Waals surface area contributed by atoms with Crippen LogP contribution in [0.2, 0.25) is 0 Å². The first-order valence-corrected chi connectivity index (χ1v) is 8.41. The van der Waals surface area contributed by atoms with E-state index in [1.54, 1.807) is 0 Å². The molecule has 118 valence electrons. The summed E-state index contributed by atoms with van der Waals surface area (Å²) in [5, 5.41) is 11.9. The number of carbonyl (C=O) groups is 1. The summed E-state index contributed by atoms with van der Waals surface area (Å²) >= 11 is 1.43. The first kappa shape index (κ1) is 16.5. The predicted octanol–water partition coefficient (Wildman–Crippen LogP) is 2.62. The van der Waals surface area contributed by atoms with Gasteiger partial charge in [-0.2, -0.15) is 0 Å². The minimum Gasteiger partial charge on any atom is -0.355 e. The van der Waals surface area contributed by atoms with Gasteiger partial charge in [-0.25, -0.2) is 0 Å². The van der Waals surface area contributed by atoms with E-state index in [-0.39, 0.29) is 5.91 Å². The monoisotopic (exact) mass is 318 g/mol. The molecule has 0 radical (unpaired) electrons. The zero-order valence-corrected chi connectivity index (χ0v) is 14.1. The summed E-state index contributed by atoms with van der Waals surface area (Å²) in [6, 6.07) is 10.4. The highest BCUT2D eigenvalue weighted by Crippen LogP contribution is 2.20. The van der Waals surface area contributed by atoms with Gasteiger partial charge in [0.2, 0.25) is 5.91 Å². The van der Waals surface area contributed by atoms with Crippen molar-refractivity contribution in [1.82, 2.24) is 20.1 Å². The van der Waals surface area contributed by atoms with E-state index in [9.17, 15) is 4.79 Å². The van der Waals surface area contributed by atoms with Gasteiger partial charge in [0.25, 0.3) is 0 Å². The van der Waals surface area contributed by atoms with E-state index in [4.69, 9.17) is 0 Å². The van der Waals surface area contributed by atoms with Crippen LogP contribution in [0.25, 0.3) is 0 Å². The second-order valence-corrected chi connectivity index (χ2v) is 6.31. The molecule has 22 heavy (non-hydrogen) atoms. The van der Waals surface area contributed by atoms with E-state index in [0.717, 1.165) is 17.4 Å². The van der Waals surface area contributed by atoms with Gasteiger partial charge in [0.05, 0.1) is 5.75 Å². The average Bonchev–Trinajstić information content (AvgIpc) is 2.87. The van der Waals surface area contributed by atoms with Crippen molar-refractivity contribution in [3.63, 3.8) is 0 Å². The van der Waals surface area contributed by atoms with Crippen molar-refractivity contribution in [2.75, 3.05) is 12.3 Å². The van der Waals surface area contributed by atoms with Crippen molar-refractivity contribution in [3.05, 3.63) is 41.7 Å². The minimum absolute atomic E-state index is 0.0249. The number of nitrogens with zero attached hydrogens (tertiary/aromatic N) is 3. The molecule has 6 heteroatoms. The van der Waals surface area contributed by atoms with Crippen LogP contribution in [0.1, 0.15) is 31.3 Å². The Balaban J connectivity index is 1.76. The zero-order valence-electron chi connectivity index (χ0n) is 13.2. The van der Waals surface area contributed by atoms with Crippen LogP contribution in [0.5, 0.6) is 0 Å². The molecule has 0 saturated heterocycles. The highest BCUT2D eigenvalue weighted by Gasteiger charge is 2.13. The fourth-order valence-electron chi connectivity index (χ4n) is 2.21. The lowest BCUT2D eigenvalue weighted by molar-refractivity contribution is -0.118. The van der Waals surface area contributed by atoms with Crippen LogP contribution in [0.3, 0.4) is 0 Å². The van der Waals surface area contributed by atoms with Crippen LogP contribution >= 0.6 is 11.8 Å². The predicted molar refractivity (Wildman–Crippen MR) is 89.0 cm³/mol. The van der Waals surface area contributed by atoms with Crippen molar-refractivity contribution in [3.8, 4) is 0 Å². The smallest absolute Gasteiger partial charge is 0.230 e. The SMILES string of the molecule is Cc1nnc(SCC(=O)NCCc2ccccc2)n1C(C)C. The van der Waals surface area contributed by atoms with Gasteiger partial charge < -0.3 is 9.88 Å². The molecule has 0 aliphatic rings. The van der Waals surface area contributed by atoms with Crippen molar-refractivity contribution < 1.29 is 4.79 Å². The lowest BCUT2D eigenvalue weighted by Gasteiger charge is -2.11. The number of hydrogen-bond donors (Lipinski definition) is 1. The molecule has 0 aliphatic heterocycles. The Morgan fingerprint density at radius 3 is 2.68 bits per heavy atom. The first-order chi connectivity index (χ1) is 10.6. The molecule has 0 aliphatic carbocycles. The number of aryl methyl sites for hydroxylation is 1. The number of thioether (sulfide) groups is 1. The summed E-state index contributed by atoms with van der Waals surface area (Å²) in [6.45, 7) is 6.75. The Morgan fingerprint density at radius 2 is 2.00 bits per heavy atom. The van der Waals surface area contributed by atoms with Gasteiger partial charge in [0, 0.05) is 12.6 Å². The summed E-state index contributed by atoms with van der Waals surface area (Å²) in [5.41, 5.74) is 1.23. The van der Waals surface area contributed by atoms with E-state index in [1.165, 1.54) is 17.3 Å². The van der Waals surface area contributed by atoms with Crippen LogP contribution in [-0.2, 0) is 11.2 Å². The van der Waals surface area contributed by atoms with Gasteiger partial charge in [0.15, 0.2) is 5.16 Å².